The third-order valence-corrected chi connectivity index (χ3v) is 7.76. The van der Waals surface area contributed by atoms with Crippen molar-refractivity contribution in [1.82, 2.24) is 0 Å². The van der Waals surface area contributed by atoms with Gasteiger partial charge in [0.15, 0.2) is 5.79 Å². The number of rotatable bonds is 4. The van der Waals surface area contributed by atoms with Gasteiger partial charge in [-0.25, -0.2) is 0 Å². The summed E-state index contributed by atoms with van der Waals surface area (Å²) in [6.45, 7) is 11.3. The van der Waals surface area contributed by atoms with Crippen LogP contribution in [0.15, 0.2) is 37.0 Å². The minimum atomic E-state index is -0.542. The second kappa shape index (κ2) is 6.68. The average molecular weight is 373 g/mol. The van der Waals surface area contributed by atoms with Crippen LogP contribution >= 0.6 is 0 Å². The van der Waals surface area contributed by atoms with Crippen molar-refractivity contribution in [2.45, 2.75) is 63.8 Å². The van der Waals surface area contributed by atoms with Crippen LogP contribution < -0.4 is 0 Å². The van der Waals surface area contributed by atoms with Crippen molar-refractivity contribution in [3.05, 3.63) is 37.0 Å². The Hall–Kier alpha value is -1.23. The standard InChI is InChI=1S/C23H32O4/c1-4-8-22(9-5-2)15-18(24)19-17(20(22)25)7-6-16-14-23(26-12-13-27-23)11-10-21(16,19)3/h4-6,17-19,24H,1-2,7-15H2,3H3. The molecule has 0 amide bonds. The zero-order valence-corrected chi connectivity index (χ0v) is 16.4. The van der Waals surface area contributed by atoms with Crippen LogP contribution in [0.4, 0.5) is 0 Å². The van der Waals surface area contributed by atoms with E-state index in [2.05, 4.69) is 26.2 Å². The first-order valence-corrected chi connectivity index (χ1v) is 10.3. The van der Waals surface area contributed by atoms with Crippen LogP contribution in [-0.2, 0) is 14.3 Å². The quantitative estimate of drug-likeness (QED) is 0.759. The van der Waals surface area contributed by atoms with E-state index in [4.69, 9.17) is 9.47 Å². The molecule has 4 atom stereocenters. The van der Waals surface area contributed by atoms with E-state index in [-0.39, 0.29) is 17.3 Å². The van der Waals surface area contributed by atoms with E-state index in [1.54, 1.807) is 0 Å². The summed E-state index contributed by atoms with van der Waals surface area (Å²) in [5, 5.41) is 11.3. The lowest BCUT2D eigenvalue weighted by molar-refractivity contribution is -0.190. The lowest BCUT2D eigenvalue weighted by atomic mass is 9.48. The van der Waals surface area contributed by atoms with Gasteiger partial charge in [-0.2, -0.15) is 0 Å². The molecule has 148 valence electrons. The van der Waals surface area contributed by atoms with Crippen molar-refractivity contribution in [1.29, 1.82) is 0 Å². The van der Waals surface area contributed by atoms with Gasteiger partial charge >= 0.3 is 0 Å². The fraction of sp³-hybridized carbons (Fsp3) is 0.696. The fourth-order valence-corrected chi connectivity index (χ4v) is 6.47. The molecule has 1 saturated heterocycles. The van der Waals surface area contributed by atoms with Crippen molar-refractivity contribution in [2.24, 2.45) is 22.7 Å². The van der Waals surface area contributed by atoms with Crippen LogP contribution in [-0.4, -0.2) is 36.0 Å². The minimum absolute atomic E-state index is 0.0218. The number of Topliss-reactive ketones (excluding diaryl/α,β-unsaturated/α-hetero) is 1. The molecule has 1 heterocycles. The summed E-state index contributed by atoms with van der Waals surface area (Å²) >= 11 is 0. The molecule has 0 aromatic rings. The molecule has 0 aromatic heterocycles. The molecular formula is C23H32O4. The van der Waals surface area contributed by atoms with Crippen molar-refractivity contribution < 1.29 is 19.4 Å². The molecule has 0 aromatic carbocycles. The summed E-state index contributed by atoms with van der Waals surface area (Å²) in [6, 6.07) is 0. The molecule has 0 radical (unpaired) electrons. The number of allylic oxidation sites excluding steroid dienone is 3. The lowest BCUT2D eigenvalue weighted by Crippen LogP contribution is -2.58. The van der Waals surface area contributed by atoms with Gasteiger partial charge in [0.2, 0.25) is 0 Å². The highest BCUT2D eigenvalue weighted by atomic mass is 16.7. The van der Waals surface area contributed by atoms with Crippen LogP contribution in [0.25, 0.3) is 0 Å². The SMILES string of the molecule is C=CCC1(CC=C)CC(O)C2C(CC=C3CC4(CCC32C)OCCO4)C1=O. The van der Waals surface area contributed by atoms with E-state index in [1.165, 1.54) is 5.57 Å². The zero-order valence-electron chi connectivity index (χ0n) is 16.4. The monoisotopic (exact) mass is 372 g/mol. The molecule has 3 aliphatic carbocycles. The second-order valence-corrected chi connectivity index (χ2v) is 9.20. The Morgan fingerprint density at radius 1 is 1.22 bits per heavy atom. The Kier molecular flexibility index (Phi) is 4.73. The molecule has 1 N–H and O–H groups in total. The molecular weight excluding hydrogens is 340 g/mol. The number of carbonyl (C=O) groups excluding carboxylic acids is 1. The van der Waals surface area contributed by atoms with Gasteiger partial charge in [0.1, 0.15) is 5.78 Å². The third-order valence-electron chi connectivity index (χ3n) is 7.76. The third kappa shape index (κ3) is 2.80. The number of fused-ring (bicyclic) bond motifs is 3. The molecule has 4 unspecified atom stereocenters. The second-order valence-electron chi connectivity index (χ2n) is 9.20. The highest BCUT2D eigenvalue weighted by Gasteiger charge is 2.60. The number of aliphatic hydroxyl groups is 1. The number of carbonyl (C=O) groups is 1. The van der Waals surface area contributed by atoms with Crippen LogP contribution in [0.2, 0.25) is 0 Å². The lowest BCUT2D eigenvalue weighted by Gasteiger charge is -2.57. The first-order chi connectivity index (χ1) is 12.9. The van der Waals surface area contributed by atoms with E-state index < -0.39 is 17.3 Å². The number of hydrogen-bond acceptors (Lipinski definition) is 4. The van der Waals surface area contributed by atoms with Crippen LogP contribution in [0, 0.1) is 22.7 Å². The van der Waals surface area contributed by atoms with E-state index in [1.807, 2.05) is 12.2 Å². The molecule has 4 aliphatic rings. The maximum Gasteiger partial charge on any atom is 0.172 e. The summed E-state index contributed by atoms with van der Waals surface area (Å²) in [5.74, 6) is -0.326. The van der Waals surface area contributed by atoms with Gasteiger partial charge in [0.05, 0.1) is 19.3 Å². The molecule has 1 spiro atoms. The minimum Gasteiger partial charge on any atom is -0.393 e. The molecule has 4 rings (SSSR count). The topological polar surface area (TPSA) is 55.8 Å². The highest BCUT2D eigenvalue weighted by Crippen LogP contribution is 2.61. The Labute approximate surface area is 162 Å². The van der Waals surface area contributed by atoms with Crippen LogP contribution in [0.5, 0.6) is 0 Å². The molecule has 1 aliphatic heterocycles. The zero-order chi connectivity index (χ0) is 19.3. The normalized spacial score (nSPS) is 39.4. The van der Waals surface area contributed by atoms with Crippen molar-refractivity contribution in [3.63, 3.8) is 0 Å². The number of ketones is 1. The molecule has 2 saturated carbocycles. The number of ether oxygens (including phenoxy) is 2. The van der Waals surface area contributed by atoms with Crippen LogP contribution in [0.3, 0.4) is 0 Å². The highest BCUT2D eigenvalue weighted by molar-refractivity contribution is 5.89. The Bertz CT molecular complexity index is 662. The van der Waals surface area contributed by atoms with Crippen molar-refractivity contribution in [2.75, 3.05) is 13.2 Å². The summed E-state index contributed by atoms with van der Waals surface area (Å²) in [6.07, 6.45) is 10.3. The maximum atomic E-state index is 13.6. The van der Waals surface area contributed by atoms with Gasteiger partial charge in [0, 0.05) is 30.1 Å². The summed E-state index contributed by atoms with van der Waals surface area (Å²) in [4.78, 5) is 13.6. The van der Waals surface area contributed by atoms with Crippen molar-refractivity contribution in [3.8, 4) is 0 Å². The summed E-state index contributed by atoms with van der Waals surface area (Å²) in [7, 11) is 0. The van der Waals surface area contributed by atoms with E-state index in [9.17, 15) is 9.90 Å². The van der Waals surface area contributed by atoms with Gasteiger partial charge in [-0.15, -0.1) is 13.2 Å². The average Bonchev–Trinajstić information content (AvgIpc) is 3.08. The number of aliphatic hydroxyl groups excluding tert-OH is 1. The summed E-state index contributed by atoms with van der Waals surface area (Å²) in [5.41, 5.74) is 0.607. The van der Waals surface area contributed by atoms with E-state index >= 15 is 0 Å². The van der Waals surface area contributed by atoms with Gasteiger partial charge < -0.3 is 14.6 Å². The van der Waals surface area contributed by atoms with Crippen LogP contribution in [0.1, 0.15) is 51.9 Å². The van der Waals surface area contributed by atoms with Gasteiger partial charge in [0.25, 0.3) is 0 Å². The first kappa shape index (κ1) is 19.1. The Morgan fingerprint density at radius 3 is 2.52 bits per heavy atom. The van der Waals surface area contributed by atoms with Gasteiger partial charge in [-0.05, 0) is 37.5 Å². The smallest absolute Gasteiger partial charge is 0.172 e. The Morgan fingerprint density at radius 2 is 1.89 bits per heavy atom. The predicted octanol–water partition coefficient (Wildman–Crippen LogP) is 3.95. The van der Waals surface area contributed by atoms with Crippen molar-refractivity contribution >= 4 is 5.78 Å². The fourth-order valence-electron chi connectivity index (χ4n) is 6.47. The molecule has 4 nitrogen and oxygen atoms in total. The van der Waals surface area contributed by atoms with Gasteiger partial charge in [-0.1, -0.05) is 30.7 Å². The Balaban J connectivity index is 1.67. The number of hydrogen-bond donors (Lipinski definition) is 1. The molecule has 0 bridgehead atoms. The largest absolute Gasteiger partial charge is 0.393 e. The maximum absolute atomic E-state index is 13.6. The molecule has 3 fully saturated rings. The summed E-state index contributed by atoms with van der Waals surface area (Å²) < 4.78 is 11.9. The first-order valence-electron chi connectivity index (χ1n) is 10.3. The molecule has 4 heteroatoms. The predicted molar refractivity (Wildman–Crippen MR) is 104 cm³/mol. The van der Waals surface area contributed by atoms with Gasteiger partial charge in [-0.3, -0.25) is 4.79 Å². The van der Waals surface area contributed by atoms with E-state index in [0.29, 0.717) is 44.7 Å². The molecule has 27 heavy (non-hydrogen) atoms. The van der Waals surface area contributed by atoms with E-state index in [0.717, 1.165) is 19.3 Å².